The number of hydrogen-bond donors (Lipinski definition) is 1. The number of nitrogens with one attached hydrogen (secondary N) is 1. The number of esters is 1. The summed E-state index contributed by atoms with van der Waals surface area (Å²) >= 11 is 0. The van der Waals surface area contributed by atoms with Crippen LogP contribution >= 0.6 is 0 Å². The molecule has 0 amide bonds. The summed E-state index contributed by atoms with van der Waals surface area (Å²) in [5, 5.41) is 0. The average Bonchev–Trinajstić information content (AvgIpc) is 2.21. The Kier molecular flexibility index (Phi) is 4.17. The topological polar surface area (TPSA) is 59.2 Å². The molecule has 0 atom stereocenters. The molecule has 0 saturated heterocycles. The van der Waals surface area contributed by atoms with Gasteiger partial charge in [-0.3, -0.25) is 9.59 Å². The number of carbonyl (C=O) groups is 1. The second kappa shape index (κ2) is 5.66. The molecule has 1 rings (SSSR count). The van der Waals surface area contributed by atoms with Crippen LogP contribution in [0.2, 0.25) is 0 Å². The van der Waals surface area contributed by atoms with E-state index in [9.17, 15) is 9.59 Å². The molecule has 4 nitrogen and oxygen atoms in total. The maximum atomic E-state index is 11.1. The molecule has 0 unspecified atom stereocenters. The highest BCUT2D eigenvalue weighted by Crippen LogP contribution is 1.87. The van der Waals surface area contributed by atoms with Gasteiger partial charge < -0.3 is 9.72 Å². The van der Waals surface area contributed by atoms with Crippen LogP contribution in [0.5, 0.6) is 0 Å². The Bertz CT molecular complexity index is 451. The van der Waals surface area contributed by atoms with Gasteiger partial charge in [-0.1, -0.05) is 11.8 Å². The van der Waals surface area contributed by atoms with Gasteiger partial charge in [-0.15, -0.1) is 0 Å². The molecule has 0 aliphatic rings. The van der Waals surface area contributed by atoms with Crippen molar-refractivity contribution in [3.8, 4) is 11.8 Å². The summed E-state index contributed by atoms with van der Waals surface area (Å²) in [7, 11) is 0. The normalized spacial score (nSPS) is 8.87. The summed E-state index contributed by atoms with van der Waals surface area (Å²) in [6, 6.07) is 3.27. The standard InChI is InChI=1S/C11H11NO3/c1-2-15-10(13)7-3-5-9-6-4-8-12-11(9)14/h4,6,8H,2,7H2,1H3,(H,12,14). The molecule has 0 saturated carbocycles. The zero-order valence-corrected chi connectivity index (χ0v) is 8.37. The van der Waals surface area contributed by atoms with E-state index in [1.807, 2.05) is 0 Å². The number of carbonyl (C=O) groups excluding carboxylic acids is 1. The highest BCUT2D eigenvalue weighted by atomic mass is 16.5. The minimum atomic E-state index is -0.377. The minimum Gasteiger partial charge on any atom is -0.465 e. The number of rotatable bonds is 2. The van der Waals surface area contributed by atoms with Gasteiger partial charge in [-0.05, 0) is 19.1 Å². The van der Waals surface area contributed by atoms with Crippen molar-refractivity contribution in [1.82, 2.24) is 4.98 Å². The Labute approximate surface area is 87.3 Å². The fraction of sp³-hybridized carbons (Fsp3) is 0.273. The second-order valence-corrected chi connectivity index (χ2v) is 2.70. The van der Waals surface area contributed by atoms with E-state index in [0.29, 0.717) is 12.2 Å². The molecule has 0 aliphatic heterocycles. The lowest BCUT2D eigenvalue weighted by molar-refractivity contribution is -0.141. The van der Waals surface area contributed by atoms with Gasteiger partial charge in [0.2, 0.25) is 0 Å². The van der Waals surface area contributed by atoms with Crippen molar-refractivity contribution in [1.29, 1.82) is 0 Å². The molecule has 15 heavy (non-hydrogen) atoms. The predicted molar refractivity (Wildman–Crippen MR) is 55.2 cm³/mol. The van der Waals surface area contributed by atoms with Gasteiger partial charge in [0.05, 0.1) is 12.2 Å². The van der Waals surface area contributed by atoms with E-state index in [0.717, 1.165) is 0 Å². The Morgan fingerprint density at radius 1 is 1.60 bits per heavy atom. The van der Waals surface area contributed by atoms with Crippen LogP contribution in [0.15, 0.2) is 23.1 Å². The maximum Gasteiger partial charge on any atom is 0.317 e. The van der Waals surface area contributed by atoms with Crippen LogP contribution in [0, 0.1) is 11.8 Å². The Morgan fingerprint density at radius 2 is 2.40 bits per heavy atom. The molecule has 0 radical (unpaired) electrons. The molecule has 4 heteroatoms. The van der Waals surface area contributed by atoms with E-state index in [4.69, 9.17) is 0 Å². The molecule has 0 aromatic carbocycles. The van der Waals surface area contributed by atoms with E-state index in [-0.39, 0.29) is 17.9 Å². The number of aromatic nitrogens is 1. The van der Waals surface area contributed by atoms with Crippen molar-refractivity contribution >= 4 is 5.97 Å². The summed E-state index contributed by atoms with van der Waals surface area (Å²) in [5.74, 6) is 4.81. The van der Waals surface area contributed by atoms with Crippen LogP contribution in [0.1, 0.15) is 18.9 Å². The Morgan fingerprint density at radius 3 is 3.07 bits per heavy atom. The first-order valence-electron chi connectivity index (χ1n) is 4.56. The monoisotopic (exact) mass is 205 g/mol. The molecule has 1 aromatic rings. The third-order valence-electron chi connectivity index (χ3n) is 1.58. The van der Waals surface area contributed by atoms with Gasteiger partial charge in [0, 0.05) is 6.20 Å². The van der Waals surface area contributed by atoms with Gasteiger partial charge in [-0.2, -0.15) is 0 Å². The van der Waals surface area contributed by atoms with Gasteiger partial charge in [-0.25, -0.2) is 0 Å². The fourth-order valence-electron chi connectivity index (χ4n) is 0.944. The molecule has 1 N–H and O–H groups in total. The first kappa shape index (κ1) is 11.1. The van der Waals surface area contributed by atoms with Crippen molar-refractivity contribution in [2.75, 3.05) is 6.61 Å². The van der Waals surface area contributed by atoms with Gasteiger partial charge in [0.1, 0.15) is 6.42 Å². The zero-order chi connectivity index (χ0) is 11.1. The summed E-state index contributed by atoms with van der Waals surface area (Å²) in [4.78, 5) is 24.5. The molecule has 0 bridgehead atoms. The van der Waals surface area contributed by atoms with E-state index in [2.05, 4.69) is 21.6 Å². The van der Waals surface area contributed by atoms with Crippen LogP contribution in [0.4, 0.5) is 0 Å². The molecule has 0 spiro atoms. The molecule has 0 aliphatic carbocycles. The Balaban J connectivity index is 2.63. The number of hydrogen-bond acceptors (Lipinski definition) is 3. The number of ether oxygens (including phenoxy) is 1. The lowest BCUT2D eigenvalue weighted by Crippen LogP contribution is -2.08. The third kappa shape index (κ3) is 3.69. The van der Waals surface area contributed by atoms with E-state index >= 15 is 0 Å². The summed E-state index contributed by atoms with van der Waals surface area (Å²) in [6.07, 6.45) is 1.53. The van der Waals surface area contributed by atoms with E-state index in [1.54, 1.807) is 19.1 Å². The Hall–Kier alpha value is -2.02. The summed E-state index contributed by atoms with van der Waals surface area (Å²) in [5.41, 5.74) is 0.0932. The highest BCUT2D eigenvalue weighted by molar-refractivity contribution is 5.72. The van der Waals surface area contributed by atoms with Gasteiger partial charge in [0.15, 0.2) is 0 Å². The molecule has 0 fully saturated rings. The van der Waals surface area contributed by atoms with E-state index < -0.39 is 0 Å². The predicted octanol–water partition coefficient (Wildman–Crippen LogP) is 0.680. The van der Waals surface area contributed by atoms with Crippen molar-refractivity contribution in [3.63, 3.8) is 0 Å². The lowest BCUT2D eigenvalue weighted by Gasteiger charge is -1.94. The van der Waals surface area contributed by atoms with Crippen molar-refractivity contribution in [2.24, 2.45) is 0 Å². The zero-order valence-electron chi connectivity index (χ0n) is 8.37. The summed E-state index contributed by atoms with van der Waals surface area (Å²) in [6.45, 7) is 2.07. The van der Waals surface area contributed by atoms with Crippen LogP contribution < -0.4 is 5.56 Å². The first-order chi connectivity index (χ1) is 7.24. The maximum absolute atomic E-state index is 11.1. The number of aromatic amines is 1. The molecule has 1 aromatic heterocycles. The van der Waals surface area contributed by atoms with Crippen LogP contribution in [0.3, 0.4) is 0 Å². The molecular weight excluding hydrogens is 194 g/mol. The number of pyridine rings is 1. The molecule has 1 heterocycles. The lowest BCUT2D eigenvalue weighted by atomic mass is 10.3. The van der Waals surface area contributed by atoms with Crippen LogP contribution in [-0.4, -0.2) is 17.6 Å². The third-order valence-corrected chi connectivity index (χ3v) is 1.58. The average molecular weight is 205 g/mol. The largest absolute Gasteiger partial charge is 0.465 e. The van der Waals surface area contributed by atoms with E-state index in [1.165, 1.54) is 6.20 Å². The fourth-order valence-corrected chi connectivity index (χ4v) is 0.944. The molecular formula is C11H11NO3. The van der Waals surface area contributed by atoms with Gasteiger partial charge in [0.25, 0.3) is 5.56 Å². The van der Waals surface area contributed by atoms with Crippen molar-refractivity contribution in [2.45, 2.75) is 13.3 Å². The van der Waals surface area contributed by atoms with Crippen molar-refractivity contribution < 1.29 is 9.53 Å². The minimum absolute atomic E-state index is 0.00216. The van der Waals surface area contributed by atoms with Gasteiger partial charge >= 0.3 is 5.97 Å². The number of H-pyrrole nitrogens is 1. The smallest absolute Gasteiger partial charge is 0.317 e. The SMILES string of the molecule is CCOC(=O)CC#Cc1ccc[nH]c1=O. The summed E-state index contributed by atoms with van der Waals surface area (Å²) < 4.78 is 4.68. The van der Waals surface area contributed by atoms with Crippen molar-refractivity contribution in [3.05, 3.63) is 34.2 Å². The van der Waals surface area contributed by atoms with Crippen LogP contribution in [-0.2, 0) is 9.53 Å². The molecule has 78 valence electrons. The quantitative estimate of drug-likeness (QED) is 0.570. The van der Waals surface area contributed by atoms with Crippen LogP contribution in [0.25, 0.3) is 0 Å². The highest BCUT2D eigenvalue weighted by Gasteiger charge is 1.96. The second-order valence-electron chi connectivity index (χ2n) is 2.70. The first-order valence-corrected chi connectivity index (χ1v) is 4.56.